The van der Waals surface area contributed by atoms with Crippen LogP contribution in [0.1, 0.15) is 84.6 Å². The third kappa shape index (κ3) is 7.50. The highest BCUT2D eigenvalue weighted by atomic mass is 16.5. The summed E-state index contributed by atoms with van der Waals surface area (Å²) in [5.74, 6) is -1.02. The lowest BCUT2D eigenvalue weighted by molar-refractivity contribution is -0.00430. The van der Waals surface area contributed by atoms with Gasteiger partial charge in [0.05, 0.1) is 29.4 Å². The minimum absolute atomic E-state index is 0.364. The van der Waals surface area contributed by atoms with Gasteiger partial charge in [-0.25, -0.2) is 0 Å². The maximum Gasteiger partial charge on any atom is 0.164 e. The maximum absolute atomic E-state index is 9.89. The van der Waals surface area contributed by atoms with Gasteiger partial charge in [0.15, 0.2) is 5.92 Å². The highest BCUT2D eigenvalue weighted by Gasteiger charge is 2.44. The summed E-state index contributed by atoms with van der Waals surface area (Å²) >= 11 is 0. The number of hydrogen-bond donors (Lipinski definition) is 0. The number of nitrogens with zero attached hydrogens (tertiary/aromatic N) is 4. The number of benzene rings is 2. The molecule has 2 aromatic carbocycles. The Bertz CT molecular complexity index is 1200. The Kier molecular flexibility index (Phi) is 11.2. The van der Waals surface area contributed by atoms with E-state index in [9.17, 15) is 15.8 Å². The molecule has 0 radical (unpaired) electrons. The summed E-state index contributed by atoms with van der Waals surface area (Å²) in [6, 6.07) is 23.2. The average Bonchev–Trinajstić information content (AvgIpc) is 3.23. The summed E-state index contributed by atoms with van der Waals surface area (Å²) in [5, 5.41) is 28.7. The average molecular weight is 523 g/mol. The Morgan fingerprint density at radius 3 is 1.69 bits per heavy atom. The minimum atomic E-state index is -1.02. The van der Waals surface area contributed by atoms with Crippen molar-refractivity contribution in [2.24, 2.45) is 5.92 Å². The predicted molar refractivity (Wildman–Crippen MR) is 159 cm³/mol. The molecule has 1 heterocycles. The summed E-state index contributed by atoms with van der Waals surface area (Å²) in [6.07, 6.45) is 9.30. The van der Waals surface area contributed by atoms with Gasteiger partial charge in [-0.05, 0) is 55.5 Å². The Balaban J connectivity index is 1.80. The van der Waals surface area contributed by atoms with Crippen molar-refractivity contribution in [3.63, 3.8) is 0 Å². The molecule has 3 rings (SSSR count). The molecule has 0 saturated carbocycles. The van der Waals surface area contributed by atoms with E-state index in [1.165, 1.54) is 57.1 Å². The van der Waals surface area contributed by atoms with Crippen LogP contribution in [0.4, 0.5) is 5.69 Å². The summed E-state index contributed by atoms with van der Waals surface area (Å²) in [6.45, 7) is 10.5. The van der Waals surface area contributed by atoms with Crippen LogP contribution in [-0.2, 0) is 4.74 Å². The lowest BCUT2D eigenvalue weighted by atomic mass is 9.86. The van der Waals surface area contributed by atoms with E-state index in [4.69, 9.17) is 4.74 Å². The van der Waals surface area contributed by atoms with Crippen molar-refractivity contribution in [3.05, 3.63) is 59.7 Å². The molecule has 0 aromatic heterocycles. The predicted octanol–water partition coefficient (Wildman–Crippen LogP) is 8.44. The molecule has 0 amide bonds. The van der Waals surface area contributed by atoms with Crippen LogP contribution in [0.2, 0.25) is 0 Å². The third-order valence-corrected chi connectivity index (χ3v) is 7.58. The Hall–Kier alpha value is -3.59. The second kappa shape index (κ2) is 14.5. The maximum atomic E-state index is 9.89. The lowest BCUT2D eigenvalue weighted by Crippen LogP contribution is -2.27. The highest BCUT2D eigenvalue weighted by Crippen LogP contribution is 2.44. The second-order valence-corrected chi connectivity index (χ2v) is 10.9. The zero-order valence-corrected chi connectivity index (χ0v) is 24.0. The normalized spacial score (nSPS) is 16.1. The van der Waals surface area contributed by atoms with Gasteiger partial charge in [0.1, 0.15) is 6.10 Å². The number of unbranched alkanes of at least 4 members (excludes halogenated alkanes) is 6. The van der Waals surface area contributed by atoms with E-state index in [1.54, 1.807) is 0 Å². The summed E-state index contributed by atoms with van der Waals surface area (Å²) < 4.78 is 6.05. The number of hydrogen-bond acceptors (Lipinski definition) is 5. The van der Waals surface area contributed by atoms with Crippen LogP contribution in [0.25, 0.3) is 16.7 Å². The molecule has 2 aromatic rings. The highest BCUT2D eigenvalue weighted by molar-refractivity contribution is 5.81. The van der Waals surface area contributed by atoms with E-state index in [0.29, 0.717) is 5.57 Å². The van der Waals surface area contributed by atoms with Gasteiger partial charge in [0.2, 0.25) is 0 Å². The standard InChI is InChI=1S/C34H42N4O/c1-5-7-9-11-21-38(22-12-10-8-6-2)30-19-17-27(18-20-30)26-13-15-28(16-14-26)32-31(25-37)33(29(23-35)24-36)39-34(32,3)4/h13-20,29,33H,5-12,21-22H2,1-4H3. The number of anilines is 1. The number of rotatable bonds is 14. The lowest BCUT2D eigenvalue weighted by Gasteiger charge is -2.25. The van der Waals surface area contributed by atoms with Crippen molar-refractivity contribution in [2.45, 2.75) is 90.8 Å². The van der Waals surface area contributed by atoms with E-state index in [-0.39, 0.29) is 0 Å². The fraction of sp³-hybridized carbons (Fsp3) is 0.500. The number of ether oxygens (including phenoxy) is 1. The van der Waals surface area contributed by atoms with E-state index in [2.05, 4.69) is 61.2 Å². The Morgan fingerprint density at radius 1 is 0.744 bits per heavy atom. The first kappa shape index (κ1) is 30.0. The molecule has 0 spiro atoms. The smallest absolute Gasteiger partial charge is 0.164 e. The van der Waals surface area contributed by atoms with E-state index < -0.39 is 17.6 Å². The molecule has 5 heteroatoms. The summed E-state index contributed by atoms with van der Waals surface area (Å²) in [5.41, 5.74) is 4.74. The molecule has 0 aliphatic carbocycles. The van der Waals surface area contributed by atoms with E-state index >= 15 is 0 Å². The van der Waals surface area contributed by atoms with Crippen LogP contribution in [0.15, 0.2) is 54.1 Å². The SMILES string of the molecule is CCCCCCN(CCCCCC)c1ccc(-c2ccc(C3=C(C#N)C(C(C#N)C#N)OC3(C)C)cc2)cc1. The molecule has 1 aliphatic heterocycles. The van der Waals surface area contributed by atoms with Crippen LogP contribution < -0.4 is 4.90 Å². The van der Waals surface area contributed by atoms with Gasteiger partial charge in [-0.3, -0.25) is 0 Å². The molecular weight excluding hydrogens is 480 g/mol. The Morgan fingerprint density at radius 2 is 1.23 bits per heavy atom. The van der Waals surface area contributed by atoms with Crippen LogP contribution in [-0.4, -0.2) is 24.8 Å². The molecule has 1 atom stereocenters. The molecule has 0 N–H and O–H groups in total. The topological polar surface area (TPSA) is 83.8 Å². The van der Waals surface area contributed by atoms with Gasteiger partial charge in [0, 0.05) is 24.4 Å². The van der Waals surface area contributed by atoms with Crippen molar-refractivity contribution in [1.82, 2.24) is 0 Å². The first-order valence-corrected chi connectivity index (χ1v) is 14.5. The van der Waals surface area contributed by atoms with Gasteiger partial charge in [-0.2, -0.15) is 15.8 Å². The van der Waals surface area contributed by atoms with E-state index in [0.717, 1.165) is 35.4 Å². The molecule has 1 aliphatic rings. The van der Waals surface area contributed by atoms with Crippen molar-refractivity contribution < 1.29 is 4.74 Å². The summed E-state index contributed by atoms with van der Waals surface area (Å²) in [7, 11) is 0. The molecule has 0 bridgehead atoms. The Labute approximate surface area is 235 Å². The van der Waals surface area contributed by atoms with Crippen molar-refractivity contribution in [1.29, 1.82) is 15.8 Å². The number of nitriles is 3. The van der Waals surface area contributed by atoms with Gasteiger partial charge >= 0.3 is 0 Å². The largest absolute Gasteiger partial charge is 0.372 e. The molecule has 1 unspecified atom stereocenters. The van der Waals surface area contributed by atoms with E-state index in [1.807, 2.05) is 38.1 Å². The van der Waals surface area contributed by atoms with Gasteiger partial charge in [-0.15, -0.1) is 0 Å². The molecule has 5 nitrogen and oxygen atoms in total. The zero-order valence-electron chi connectivity index (χ0n) is 24.0. The molecule has 0 saturated heterocycles. The van der Waals surface area contributed by atoms with Crippen LogP contribution >= 0.6 is 0 Å². The second-order valence-electron chi connectivity index (χ2n) is 10.9. The third-order valence-electron chi connectivity index (χ3n) is 7.58. The van der Waals surface area contributed by atoms with Gasteiger partial charge in [0.25, 0.3) is 0 Å². The fourth-order valence-corrected chi connectivity index (χ4v) is 5.45. The zero-order chi connectivity index (χ0) is 28.3. The molecule has 204 valence electrons. The first-order chi connectivity index (χ1) is 18.9. The quantitative estimate of drug-likeness (QED) is 0.232. The van der Waals surface area contributed by atoms with Gasteiger partial charge < -0.3 is 9.64 Å². The minimum Gasteiger partial charge on any atom is -0.372 e. The fourth-order valence-electron chi connectivity index (χ4n) is 5.45. The monoisotopic (exact) mass is 522 g/mol. The van der Waals surface area contributed by atoms with Gasteiger partial charge in [-0.1, -0.05) is 88.8 Å². The molecule has 0 fully saturated rings. The first-order valence-electron chi connectivity index (χ1n) is 14.5. The van der Waals surface area contributed by atoms with Crippen molar-refractivity contribution in [2.75, 3.05) is 18.0 Å². The van der Waals surface area contributed by atoms with Crippen molar-refractivity contribution in [3.8, 4) is 29.3 Å². The summed E-state index contributed by atoms with van der Waals surface area (Å²) in [4.78, 5) is 2.54. The van der Waals surface area contributed by atoms with Crippen LogP contribution in [0.5, 0.6) is 0 Å². The van der Waals surface area contributed by atoms with Crippen molar-refractivity contribution >= 4 is 11.3 Å². The van der Waals surface area contributed by atoms with Crippen LogP contribution in [0.3, 0.4) is 0 Å². The molecule has 39 heavy (non-hydrogen) atoms. The molecular formula is C34H42N4O. The van der Waals surface area contributed by atoms with Crippen LogP contribution in [0, 0.1) is 39.9 Å².